The van der Waals surface area contributed by atoms with E-state index in [-0.39, 0.29) is 17.7 Å². The quantitative estimate of drug-likeness (QED) is 0.790. The van der Waals surface area contributed by atoms with Gasteiger partial charge in [0.2, 0.25) is 5.91 Å². The average molecular weight is 366 g/mol. The Balaban J connectivity index is 1.88. The van der Waals surface area contributed by atoms with E-state index < -0.39 is 18.8 Å². The van der Waals surface area contributed by atoms with E-state index in [0.29, 0.717) is 6.42 Å². The van der Waals surface area contributed by atoms with Crippen molar-refractivity contribution in [3.63, 3.8) is 0 Å². The van der Waals surface area contributed by atoms with Gasteiger partial charge in [-0.2, -0.15) is 13.2 Å². The second kappa shape index (κ2) is 8.71. The van der Waals surface area contributed by atoms with Gasteiger partial charge in [-0.15, -0.1) is 0 Å². The van der Waals surface area contributed by atoms with Crippen molar-refractivity contribution in [2.45, 2.75) is 31.6 Å². The van der Waals surface area contributed by atoms with Crippen LogP contribution in [0.4, 0.5) is 13.2 Å². The number of amides is 1. The average Bonchev–Trinajstić information content (AvgIpc) is 2.60. The van der Waals surface area contributed by atoms with E-state index in [0.717, 1.165) is 11.1 Å². The molecule has 2 aromatic rings. The molecule has 3 N–H and O–H groups in total. The Kier molecular flexibility index (Phi) is 6.63. The number of carbonyl (C=O) groups excluding carboxylic acids is 1. The topological polar surface area (TPSA) is 64.4 Å². The van der Waals surface area contributed by atoms with Crippen molar-refractivity contribution in [3.05, 3.63) is 65.7 Å². The molecule has 2 aromatic carbocycles. The molecule has 140 valence electrons. The molecule has 0 aromatic heterocycles. The van der Waals surface area contributed by atoms with Gasteiger partial charge in [-0.05, 0) is 36.6 Å². The van der Waals surface area contributed by atoms with Gasteiger partial charge in [-0.3, -0.25) is 4.79 Å². The number of halogens is 3. The van der Waals surface area contributed by atoms with Crippen LogP contribution in [0, 0.1) is 0 Å². The van der Waals surface area contributed by atoms with Gasteiger partial charge in [0.25, 0.3) is 0 Å². The van der Waals surface area contributed by atoms with Crippen molar-refractivity contribution >= 4 is 5.91 Å². The number of ether oxygens (including phenoxy) is 1. The van der Waals surface area contributed by atoms with E-state index in [9.17, 15) is 18.0 Å². The van der Waals surface area contributed by atoms with E-state index in [4.69, 9.17) is 5.73 Å². The summed E-state index contributed by atoms with van der Waals surface area (Å²) in [5.41, 5.74) is 7.65. The number of rotatable bonds is 7. The highest BCUT2D eigenvalue weighted by atomic mass is 19.4. The van der Waals surface area contributed by atoms with Crippen molar-refractivity contribution in [2.75, 3.05) is 6.61 Å². The summed E-state index contributed by atoms with van der Waals surface area (Å²) in [5, 5.41) is 2.81. The number of nitrogens with one attached hydrogen (secondary N) is 1. The SMILES string of the molecule is CC(NC(=O)[C@@H](N)Cc1ccccc1)c1ccc(OCC(F)(F)F)cc1. The molecule has 0 saturated carbocycles. The number of hydrogen-bond acceptors (Lipinski definition) is 3. The van der Waals surface area contributed by atoms with E-state index in [2.05, 4.69) is 10.1 Å². The summed E-state index contributed by atoms with van der Waals surface area (Å²) in [6.07, 6.45) is -3.96. The molecule has 1 amide bonds. The Morgan fingerprint density at radius 2 is 1.73 bits per heavy atom. The molecule has 0 aliphatic rings. The van der Waals surface area contributed by atoms with Crippen LogP contribution in [-0.4, -0.2) is 24.7 Å². The molecule has 0 aliphatic heterocycles. The summed E-state index contributed by atoms with van der Waals surface area (Å²) in [7, 11) is 0. The fourth-order valence-electron chi connectivity index (χ4n) is 2.38. The third-order valence-electron chi connectivity index (χ3n) is 3.78. The Bertz CT molecular complexity index is 703. The minimum atomic E-state index is -4.38. The van der Waals surface area contributed by atoms with Crippen LogP contribution in [0.5, 0.6) is 5.75 Å². The third kappa shape index (κ3) is 6.40. The van der Waals surface area contributed by atoms with Gasteiger partial charge in [0, 0.05) is 0 Å². The summed E-state index contributed by atoms with van der Waals surface area (Å²) in [6.45, 7) is 0.436. The lowest BCUT2D eigenvalue weighted by molar-refractivity contribution is -0.153. The van der Waals surface area contributed by atoms with Crippen LogP contribution in [0.25, 0.3) is 0 Å². The lowest BCUT2D eigenvalue weighted by atomic mass is 10.0. The first-order chi connectivity index (χ1) is 12.2. The van der Waals surface area contributed by atoms with Crippen molar-refractivity contribution in [3.8, 4) is 5.75 Å². The Morgan fingerprint density at radius 3 is 2.31 bits per heavy atom. The van der Waals surface area contributed by atoms with Gasteiger partial charge in [-0.1, -0.05) is 42.5 Å². The van der Waals surface area contributed by atoms with E-state index in [1.807, 2.05) is 30.3 Å². The molecule has 7 heteroatoms. The third-order valence-corrected chi connectivity index (χ3v) is 3.78. The maximum atomic E-state index is 12.2. The van der Waals surface area contributed by atoms with Crippen LogP contribution in [0.1, 0.15) is 24.1 Å². The zero-order valence-corrected chi connectivity index (χ0v) is 14.3. The maximum Gasteiger partial charge on any atom is 0.422 e. The largest absolute Gasteiger partial charge is 0.484 e. The van der Waals surface area contributed by atoms with Crippen molar-refractivity contribution in [1.29, 1.82) is 0 Å². The predicted octanol–water partition coefficient (Wildman–Crippen LogP) is 3.37. The second-order valence-electron chi connectivity index (χ2n) is 6.00. The van der Waals surface area contributed by atoms with Crippen LogP contribution in [-0.2, 0) is 11.2 Å². The van der Waals surface area contributed by atoms with Crippen molar-refractivity contribution < 1.29 is 22.7 Å². The number of benzene rings is 2. The van der Waals surface area contributed by atoms with Crippen LogP contribution >= 0.6 is 0 Å². The van der Waals surface area contributed by atoms with Gasteiger partial charge in [0.05, 0.1) is 12.1 Å². The van der Waals surface area contributed by atoms with Gasteiger partial charge in [-0.25, -0.2) is 0 Å². The lowest BCUT2D eigenvalue weighted by Gasteiger charge is -2.18. The predicted molar refractivity (Wildman–Crippen MR) is 92.7 cm³/mol. The number of nitrogens with two attached hydrogens (primary N) is 1. The van der Waals surface area contributed by atoms with Gasteiger partial charge in [0.15, 0.2) is 6.61 Å². The highest BCUT2D eigenvalue weighted by Crippen LogP contribution is 2.21. The molecule has 0 fully saturated rings. The molecule has 0 spiro atoms. The Labute approximate surface area is 150 Å². The minimum Gasteiger partial charge on any atom is -0.484 e. The normalized spacial score (nSPS) is 13.7. The summed E-state index contributed by atoms with van der Waals surface area (Å²) in [4.78, 5) is 12.2. The fraction of sp³-hybridized carbons (Fsp3) is 0.316. The van der Waals surface area contributed by atoms with Gasteiger partial charge < -0.3 is 15.8 Å². The van der Waals surface area contributed by atoms with E-state index in [1.54, 1.807) is 19.1 Å². The molecular weight excluding hydrogens is 345 g/mol. The highest BCUT2D eigenvalue weighted by Gasteiger charge is 2.28. The van der Waals surface area contributed by atoms with Crippen LogP contribution in [0.3, 0.4) is 0 Å². The highest BCUT2D eigenvalue weighted by molar-refractivity contribution is 5.82. The fourth-order valence-corrected chi connectivity index (χ4v) is 2.38. The van der Waals surface area contributed by atoms with Crippen LogP contribution in [0.15, 0.2) is 54.6 Å². The summed E-state index contributed by atoms with van der Waals surface area (Å²) < 4.78 is 41.1. The first kappa shape index (κ1) is 19.8. The summed E-state index contributed by atoms with van der Waals surface area (Å²) in [5.74, 6) is -0.177. The molecule has 4 nitrogen and oxygen atoms in total. The minimum absolute atomic E-state index is 0.116. The van der Waals surface area contributed by atoms with Gasteiger partial charge >= 0.3 is 6.18 Å². The summed E-state index contributed by atoms with van der Waals surface area (Å²) in [6, 6.07) is 14.5. The Hall–Kier alpha value is -2.54. The number of alkyl halides is 3. The van der Waals surface area contributed by atoms with E-state index in [1.165, 1.54) is 12.1 Å². The molecule has 0 heterocycles. The molecule has 0 aliphatic carbocycles. The maximum absolute atomic E-state index is 12.2. The molecule has 2 atom stereocenters. The van der Waals surface area contributed by atoms with Crippen LogP contribution < -0.4 is 15.8 Å². The molecule has 2 rings (SSSR count). The molecule has 0 radical (unpaired) electrons. The number of carbonyl (C=O) groups is 1. The van der Waals surface area contributed by atoms with Gasteiger partial charge in [0.1, 0.15) is 5.75 Å². The summed E-state index contributed by atoms with van der Waals surface area (Å²) >= 11 is 0. The molecular formula is C19H21F3N2O2. The first-order valence-corrected chi connectivity index (χ1v) is 8.14. The van der Waals surface area contributed by atoms with E-state index >= 15 is 0 Å². The molecule has 0 bridgehead atoms. The smallest absolute Gasteiger partial charge is 0.422 e. The number of hydrogen-bond donors (Lipinski definition) is 2. The standard InChI is InChI=1S/C19H21F3N2O2/c1-13(15-7-9-16(10-8-15)26-12-19(20,21)22)24-18(25)17(23)11-14-5-3-2-4-6-14/h2-10,13,17H,11-12,23H2,1H3,(H,24,25)/t13?,17-/m0/s1. The zero-order valence-electron chi connectivity index (χ0n) is 14.3. The van der Waals surface area contributed by atoms with Crippen molar-refractivity contribution in [1.82, 2.24) is 5.32 Å². The van der Waals surface area contributed by atoms with Crippen molar-refractivity contribution in [2.24, 2.45) is 5.73 Å². The lowest BCUT2D eigenvalue weighted by Crippen LogP contribution is -2.42. The van der Waals surface area contributed by atoms with Crippen LogP contribution in [0.2, 0.25) is 0 Å². The molecule has 0 saturated heterocycles. The zero-order chi connectivity index (χ0) is 19.2. The molecule has 26 heavy (non-hydrogen) atoms. The monoisotopic (exact) mass is 366 g/mol. The second-order valence-corrected chi connectivity index (χ2v) is 6.00. The first-order valence-electron chi connectivity index (χ1n) is 8.14. The Morgan fingerprint density at radius 1 is 1.12 bits per heavy atom. The molecule has 1 unspecified atom stereocenters.